The molecule has 0 saturated heterocycles. The van der Waals surface area contributed by atoms with Gasteiger partial charge in [-0.3, -0.25) is 4.99 Å². The number of carbonyl (C=O) groups is 1. The summed E-state index contributed by atoms with van der Waals surface area (Å²) in [5.74, 6) is 1.03. The molecule has 2 amide bonds. The van der Waals surface area contributed by atoms with Crippen molar-refractivity contribution >= 4 is 28.5 Å². The lowest BCUT2D eigenvalue weighted by atomic mass is 10.1. The predicted octanol–water partition coefficient (Wildman–Crippen LogP) is 1.91. The number of rotatable bonds is 9. The largest absolute Gasteiger partial charge is 0.370 e. The molecular formula is C14H26N6OS. The summed E-state index contributed by atoms with van der Waals surface area (Å²) in [6, 6.07) is -0.479. The Labute approximate surface area is 135 Å². The van der Waals surface area contributed by atoms with Gasteiger partial charge < -0.3 is 22.1 Å². The van der Waals surface area contributed by atoms with Gasteiger partial charge in [0.15, 0.2) is 11.1 Å². The monoisotopic (exact) mass is 326 g/mol. The van der Waals surface area contributed by atoms with Crippen molar-refractivity contribution in [2.75, 3.05) is 18.4 Å². The Balaban J connectivity index is 2.27. The van der Waals surface area contributed by atoms with Gasteiger partial charge in [0, 0.05) is 18.5 Å². The molecule has 0 fully saturated rings. The number of guanidine groups is 1. The van der Waals surface area contributed by atoms with Gasteiger partial charge >= 0.3 is 6.03 Å². The van der Waals surface area contributed by atoms with Gasteiger partial charge in [0.1, 0.15) is 0 Å². The molecule has 0 bridgehead atoms. The third-order valence-electron chi connectivity index (χ3n) is 2.93. The lowest BCUT2D eigenvalue weighted by molar-refractivity contribution is 0.248. The van der Waals surface area contributed by atoms with Crippen LogP contribution in [0.2, 0.25) is 0 Å². The van der Waals surface area contributed by atoms with Crippen LogP contribution in [0.15, 0.2) is 10.4 Å². The highest BCUT2D eigenvalue weighted by atomic mass is 32.1. The molecule has 0 aromatic carbocycles. The molecule has 6 N–H and O–H groups in total. The fourth-order valence-electron chi connectivity index (χ4n) is 1.71. The van der Waals surface area contributed by atoms with E-state index in [1.807, 2.05) is 5.38 Å². The second-order valence-electron chi connectivity index (χ2n) is 5.47. The van der Waals surface area contributed by atoms with Crippen LogP contribution in [-0.2, 0) is 6.42 Å². The SMILES string of the molecule is CC(C)CCN=C(N)Nc1nc(CCCCNC(N)=O)cs1. The van der Waals surface area contributed by atoms with E-state index in [-0.39, 0.29) is 0 Å². The standard InChI is InChI=1S/C14H26N6OS/c1-10(2)6-8-17-12(15)20-14-19-11(9-22-14)5-3-4-7-18-13(16)21/h9-10H,3-8H2,1-2H3,(H3,16,18,21)(H3,15,17,19,20). The first kappa shape index (κ1) is 18.2. The number of hydrogen-bond donors (Lipinski definition) is 4. The van der Waals surface area contributed by atoms with Gasteiger partial charge in [-0.2, -0.15) is 0 Å². The minimum absolute atomic E-state index is 0.409. The molecule has 0 saturated carbocycles. The summed E-state index contributed by atoms with van der Waals surface area (Å²) in [6.45, 7) is 5.64. The third-order valence-corrected chi connectivity index (χ3v) is 3.74. The Bertz CT molecular complexity index is 485. The second-order valence-corrected chi connectivity index (χ2v) is 6.32. The number of thiazole rings is 1. The number of nitrogens with zero attached hydrogens (tertiary/aromatic N) is 2. The molecule has 0 aliphatic carbocycles. The van der Waals surface area contributed by atoms with E-state index in [1.54, 1.807) is 0 Å². The van der Waals surface area contributed by atoms with Crippen LogP contribution < -0.4 is 22.1 Å². The highest BCUT2D eigenvalue weighted by molar-refractivity contribution is 7.13. The van der Waals surface area contributed by atoms with E-state index in [2.05, 4.69) is 34.5 Å². The molecule has 1 rings (SSSR count). The third kappa shape index (κ3) is 8.46. The normalized spacial score (nSPS) is 11.7. The smallest absolute Gasteiger partial charge is 0.312 e. The van der Waals surface area contributed by atoms with Gasteiger partial charge in [0.25, 0.3) is 0 Å². The lowest BCUT2D eigenvalue weighted by Gasteiger charge is -2.03. The molecule has 0 aliphatic heterocycles. The average molecular weight is 326 g/mol. The maximum absolute atomic E-state index is 10.5. The summed E-state index contributed by atoms with van der Waals surface area (Å²) < 4.78 is 0. The quantitative estimate of drug-likeness (QED) is 0.315. The molecule has 7 nitrogen and oxygen atoms in total. The van der Waals surface area contributed by atoms with Gasteiger partial charge in [0.2, 0.25) is 0 Å². The molecule has 8 heteroatoms. The van der Waals surface area contributed by atoms with Crippen LogP contribution in [0.1, 0.15) is 38.8 Å². The number of carbonyl (C=O) groups excluding carboxylic acids is 1. The van der Waals surface area contributed by atoms with E-state index in [9.17, 15) is 4.79 Å². The summed E-state index contributed by atoms with van der Waals surface area (Å²) in [5, 5.41) is 8.35. The molecule has 0 aliphatic rings. The number of amides is 2. The first-order chi connectivity index (χ1) is 10.5. The summed E-state index contributed by atoms with van der Waals surface area (Å²) in [4.78, 5) is 19.3. The fourth-order valence-corrected chi connectivity index (χ4v) is 2.47. The van der Waals surface area contributed by atoms with E-state index in [0.29, 0.717) is 18.4 Å². The van der Waals surface area contributed by atoms with E-state index in [0.717, 1.165) is 43.1 Å². The van der Waals surface area contributed by atoms with Gasteiger partial charge in [-0.1, -0.05) is 13.8 Å². The number of aliphatic imine (C=N–C) groups is 1. The van der Waals surface area contributed by atoms with Crippen molar-refractivity contribution in [3.8, 4) is 0 Å². The van der Waals surface area contributed by atoms with Crippen molar-refractivity contribution in [3.63, 3.8) is 0 Å². The Morgan fingerprint density at radius 2 is 2.18 bits per heavy atom. The minimum Gasteiger partial charge on any atom is -0.370 e. The average Bonchev–Trinajstić information content (AvgIpc) is 2.85. The predicted molar refractivity (Wildman–Crippen MR) is 92.2 cm³/mol. The van der Waals surface area contributed by atoms with Gasteiger partial charge in [-0.15, -0.1) is 11.3 Å². The van der Waals surface area contributed by atoms with E-state index >= 15 is 0 Å². The molecule has 0 spiro atoms. The number of unbranched alkanes of at least 4 members (excludes halogenated alkanes) is 1. The zero-order chi connectivity index (χ0) is 16.4. The van der Waals surface area contributed by atoms with Crippen LogP contribution in [0.5, 0.6) is 0 Å². The van der Waals surface area contributed by atoms with Crippen molar-refractivity contribution in [1.82, 2.24) is 10.3 Å². The van der Waals surface area contributed by atoms with Crippen molar-refractivity contribution in [3.05, 3.63) is 11.1 Å². The number of nitrogens with two attached hydrogens (primary N) is 2. The Kier molecular flexibility index (Phi) is 8.27. The summed E-state index contributed by atoms with van der Waals surface area (Å²) >= 11 is 1.51. The van der Waals surface area contributed by atoms with Crippen LogP contribution in [-0.4, -0.2) is 30.1 Å². The van der Waals surface area contributed by atoms with Crippen molar-refractivity contribution in [2.45, 2.75) is 39.5 Å². The van der Waals surface area contributed by atoms with Gasteiger partial charge in [0.05, 0.1) is 5.69 Å². The molecule has 0 radical (unpaired) electrons. The van der Waals surface area contributed by atoms with Crippen molar-refractivity contribution in [2.24, 2.45) is 22.4 Å². The van der Waals surface area contributed by atoms with E-state index in [4.69, 9.17) is 11.5 Å². The summed E-state index contributed by atoms with van der Waals surface area (Å²) in [6.07, 6.45) is 3.71. The number of aryl methyl sites for hydroxylation is 1. The van der Waals surface area contributed by atoms with Crippen molar-refractivity contribution < 1.29 is 4.79 Å². The number of hydrogen-bond acceptors (Lipinski definition) is 4. The van der Waals surface area contributed by atoms with Crippen LogP contribution in [0, 0.1) is 5.92 Å². The molecule has 1 aromatic heterocycles. The first-order valence-electron chi connectivity index (χ1n) is 7.52. The summed E-state index contributed by atoms with van der Waals surface area (Å²) in [7, 11) is 0. The van der Waals surface area contributed by atoms with Crippen LogP contribution in [0.25, 0.3) is 0 Å². The molecule has 1 heterocycles. The van der Waals surface area contributed by atoms with Crippen molar-refractivity contribution in [1.29, 1.82) is 0 Å². The molecule has 1 aromatic rings. The number of urea groups is 1. The van der Waals surface area contributed by atoms with Gasteiger partial charge in [-0.25, -0.2) is 9.78 Å². The topological polar surface area (TPSA) is 118 Å². The molecule has 124 valence electrons. The van der Waals surface area contributed by atoms with Crippen LogP contribution >= 0.6 is 11.3 Å². The highest BCUT2D eigenvalue weighted by Gasteiger charge is 2.03. The molecule has 22 heavy (non-hydrogen) atoms. The molecular weight excluding hydrogens is 300 g/mol. The molecule has 0 atom stereocenters. The minimum atomic E-state index is -0.479. The van der Waals surface area contributed by atoms with E-state index in [1.165, 1.54) is 11.3 Å². The van der Waals surface area contributed by atoms with E-state index < -0.39 is 6.03 Å². The number of anilines is 1. The number of nitrogens with one attached hydrogen (secondary N) is 2. The maximum Gasteiger partial charge on any atom is 0.312 e. The van der Waals surface area contributed by atoms with Crippen LogP contribution in [0.4, 0.5) is 9.93 Å². The van der Waals surface area contributed by atoms with Crippen LogP contribution in [0.3, 0.4) is 0 Å². The number of primary amides is 1. The zero-order valence-corrected chi connectivity index (χ0v) is 14.1. The zero-order valence-electron chi connectivity index (χ0n) is 13.3. The Morgan fingerprint density at radius 1 is 1.41 bits per heavy atom. The number of aromatic nitrogens is 1. The Morgan fingerprint density at radius 3 is 2.86 bits per heavy atom. The molecule has 0 unspecified atom stereocenters. The lowest BCUT2D eigenvalue weighted by Crippen LogP contribution is -2.30. The second kappa shape index (κ2) is 9.99. The maximum atomic E-state index is 10.5. The summed E-state index contributed by atoms with van der Waals surface area (Å²) in [5.41, 5.74) is 11.8. The Hall–Kier alpha value is -1.83. The first-order valence-corrected chi connectivity index (χ1v) is 8.40. The fraction of sp³-hybridized carbons (Fsp3) is 0.643. The van der Waals surface area contributed by atoms with Gasteiger partial charge in [-0.05, 0) is 31.6 Å². The highest BCUT2D eigenvalue weighted by Crippen LogP contribution is 2.16.